The topological polar surface area (TPSA) is 115 Å². The van der Waals surface area contributed by atoms with E-state index in [-0.39, 0.29) is 18.6 Å². The van der Waals surface area contributed by atoms with Gasteiger partial charge >= 0.3 is 0 Å². The van der Waals surface area contributed by atoms with E-state index in [2.05, 4.69) is 20.7 Å². The number of amides is 1. The standard InChI is InChI=1S/C22H26N6O3/c29-11-10-27-13-14-4-5-16(12-18(14)21(27)31)24-22-25-20-3-1-2-19(28(20)26-22)23-15-6-8-17(30)9-7-15/h1-5,12,15,17,23,29-30H,6-11,13H2,(H,24,26). The molecule has 1 saturated carbocycles. The van der Waals surface area contributed by atoms with Crippen molar-refractivity contribution in [3.8, 4) is 0 Å². The van der Waals surface area contributed by atoms with Crippen molar-refractivity contribution in [1.82, 2.24) is 19.5 Å². The summed E-state index contributed by atoms with van der Waals surface area (Å²) in [4.78, 5) is 18.7. The van der Waals surface area contributed by atoms with Gasteiger partial charge in [0.15, 0.2) is 5.65 Å². The molecule has 1 aliphatic carbocycles. The van der Waals surface area contributed by atoms with Crippen molar-refractivity contribution in [2.24, 2.45) is 0 Å². The molecule has 0 saturated heterocycles. The Balaban J connectivity index is 1.35. The summed E-state index contributed by atoms with van der Waals surface area (Å²) in [5.74, 6) is 1.24. The number of nitrogens with zero attached hydrogens (tertiary/aromatic N) is 4. The maximum absolute atomic E-state index is 12.5. The number of carbonyl (C=O) groups excluding carboxylic acids is 1. The molecule has 9 nitrogen and oxygen atoms in total. The third kappa shape index (κ3) is 3.94. The molecule has 2 aliphatic rings. The van der Waals surface area contributed by atoms with Gasteiger partial charge in [0.2, 0.25) is 5.95 Å². The molecule has 1 fully saturated rings. The Morgan fingerprint density at radius 1 is 1.13 bits per heavy atom. The van der Waals surface area contributed by atoms with E-state index in [1.165, 1.54) is 0 Å². The number of aliphatic hydroxyl groups excluding tert-OH is 2. The summed E-state index contributed by atoms with van der Waals surface area (Å²) in [6.07, 6.45) is 3.28. The first-order valence-electron chi connectivity index (χ1n) is 10.7. The molecular weight excluding hydrogens is 396 g/mol. The van der Waals surface area contributed by atoms with Crippen LogP contribution in [0.2, 0.25) is 0 Å². The minimum absolute atomic E-state index is 0.0478. The third-order valence-electron chi connectivity index (χ3n) is 6.02. The molecule has 5 rings (SSSR count). The fraction of sp³-hybridized carbons (Fsp3) is 0.409. The van der Waals surface area contributed by atoms with Crippen LogP contribution in [0.25, 0.3) is 5.65 Å². The minimum atomic E-state index is -0.189. The molecule has 31 heavy (non-hydrogen) atoms. The number of pyridine rings is 1. The normalized spacial score (nSPS) is 20.8. The van der Waals surface area contributed by atoms with Crippen LogP contribution >= 0.6 is 0 Å². The molecule has 0 atom stereocenters. The van der Waals surface area contributed by atoms with Crippen LogP contribution in [0.3, 0.4) is 0 Å². The number of anilines is 3. The molecule has 0 bridgehead atoms. The number of aromatic nitrogens is 3. The number of aliphatic hydroxyl groups is 2. The van der Waals surface area contributed by atoms with Gasteiger partial charge in [0.05, 0.1) is 12.7 Å². The Hall–Kier alpha value is -3.17. The molecule has 2 aromatic heterocycles. The van der Waals surface area contributed by atoms with Gasteiger partial charge in [-0.15, -0.1) is 5.10 Å². The number of carbonyl (C=O) groups is 1. The van der Waals surface area contributed by atoms with Gasteiger partial charge in [-0.1, -0.05) is 12.1 Å². The summed E-state index contributed by atoms with van der Waals surface area (Å²) < 4.78 is 1.77. The maximum Gasteiger partial charge on any atom is 0.254 e. The molecule has 0 spiro atoms. The average molecular weight is 422 g/mol. The quantitative estimate of drug-likeness (QED) is 0.481. The smallest absolute Gasteiger partial charge is 0.254 e. The van der Waals surface area contributed by atoms with E-state index in [1.807, 2.05) is 36.4 Å². The van der Waals surface area contributed by atoms with Gasteiger partial charge < -0.3 is 25.7 Å². The van der Waals surface area contributed by atoms with E-state index in [1.54, 1.807) is 9.42 Å². The Bertz CT molecular complexity index is 1110. The first kappa shape index (κ1) is 19.8. The van der Waals surface area contributed by atoms with Crippen molar-refractivity contribution in [3.63, 3.8) is 0 Å². The Kier molecular flexibility index (Phi) is 5.21. The molecule has 0 unspecified atom stereocenters. The van der Waals surface area contributed by atoms with E-state index in [0.717, 1.165) is 48.4 Å². The number of hydrogen-bond acceptors (Lipinski definition) is 7. The molecule has 1 aromatic carbocycles. The molecule has 3 heterocycles. The molecular formula is C22H26N6O3. The maximum atomic E-state index is 12.5. The summed E-state index contributed by atoms with van der Waals surface area (Å²) in [5.41, 5.74) is 3.06. The van der Waals surface area contributed by atoms with E-state index in [9.17, 15) is 9.90 Å². The number of rotatable bonds is 6. The first-order chi connectivity index (χ1) is 15.1. The number of fused-ring (bicyclic) bond motifs is 2. The van der Waals surface area contributed by atoms with Crippen molar-refractivity contribution < 1.29 is 15.0 Å². The van der Waals surface area contributed by atoms with Crippen LogP contribution in [0, 0.1) is 0 Å². The number of hydrogen-bond donors (Lipinski definition) is 4. The second kappa shape index (κ2) is 8.16. The monoisotopic (exact) mass is 422 g/mol. The predicted molar refractivity (Wildman–Crippen MR) is 116 cm³/mol. The van der Waals surface area contributed by atoms with Crippen molar-refractivity contribution in [3.05, 3.63) is 47.5 Å². The number of β-amino-alcohol motifs (C(OH)–C–C–N with tert-alkyl or cyclic N) is 1. The average Bonchev–Trinajstić information content (AvgIpc) is 3.32. The van der Waals surface area contributed by atoms with Crippen LogP contribution in [0.15, 0.2) is 36.4 Å². The Morgan fingerprint density at radius 2 is 1.97 bits per heavy atom. The van der Waals surface area contributed by atoms with Gasteiger partial charge in [-0.25, -0.2) is 0 Å². The lowest BCUT2D eigenvalue weighted by Gasteiger charge is -2.26. The van der Waals surface area contributed by atoms with Gasteiger partial charge in [-0.05, 0) is 55.5 Å². The third-order valence-corrected chi connectivity index (χ3v) is 6.02. The Labute approximate surface area is 179 Å². The largest absolute Gasteiger partial charge is 0.395 e. The predicted octanol–water partition coefficient (Wildman–Crippen LogP) is 2.14. The zero-order valence-corrected chi connectivity index (χ0v) is 17.2. The second-order valence-electron chi connectivity index (χ2n) is 8.21. The molecule has 3 aromatic rings. The van der Waals surface area contributed by atoms with Crippen LogP contribution in [-0.4, -0.2) is 60.9 Å². The fourth-order valence-electron chi connectivity index (χ4n) is 4.37. The van der Waals surface area contributed by atoms with Crippen LogP contribution in [0.1, 0.15) is 41.6 Å². The fourth-order valence-corrected chi connectivity index (χ4v) is 4.37. The summed E-state index contributed by atoms with van der Waals surface area (Å²) in [7, 11) is 0. The zero-order valence-electron chi connectivity index (χ0n) is 17.2. The lowest BCUT2D eigenvalue weighted by atomic mass is 9.93. The summed E-state index contributed by atoms with van der Waals surface area (Å²) in [6.45, 7) is 0.808. The summed E-state index contributed by atoms with van der Waals surface area (Å²) >= 11 is 0. The zero-order chi connectivity index (χ0) is 21.4. The summed E-state index contributed by atoms with van der Waals surface area (Å²) in [6, 6.07) is 11.8. The summed E-state index contributed by atoms with van der Waals surface area (Å²) in [5, 5.41) is 30.2. The van der Waals surface area contributed by atoms with Crippen LogP contribution < -0.4 is 10.6 Å². The highest BCUT2D eigenvalue weighted by Crippen LogP contribution is 2.27. The lowest BCUT2D eigenvalue weighted by Crippen LogP contribution is -2.29. The van der Waals surface area contributed by atoms with Crippen molar-refractivity contribution in [2.75, 3.05) is 23.8 Å². The van der Waals surface area contributed by atoms with E-state index in [4.69, 9.17) is 5.11 Å². The molecule has 9 heteroatoms. The molecule has 1 aliphatic heterocycles. The van der Waals surface area contributed by atoms with Crippen LogP contribution in [0.4, 0.5) is 17.5 Å². The van der Waals surface area contributed by atoms with Gasteiger partial charge in [0.1, 0.15) is 5.82 Å². The van der Waals surface area contributed by atoms with Crippen molar-refractivity contribution >= 4 is 29.0 Å². The van der Waals surface area contributed by atoms with Crippen molar-refractivity contribution in [1.29, 1.82) is 0 Å². The van der Waals surface area contributed by atoms with Gasteiger partial charge in [-0.2, -0.15) is 9.50 Å². The lowest BCUT2D eigenvalue weighted by molar-refractivity contribution is 0.0745. The SMILES string of the molecule is O=C1c2cc(Nc3nc4cccc(NC5CCC(O)CC5)n4n3)ccc2CN1CCO. The van der Waals surface area contributed by atoms with Gasteiger partial charge in [0, 0.05) is 30.4 Å². The van der Waals surface area contributed by atoms with Gasteiger partial charge in [0.25, 0.3) is 5.91 Å². The number of nitrogens with one attached hydrogen (secondary N) is 2. The number of benzene rings is 1. The van der Waals surface area contributed by atoms with E-state index in [0.29, 0.717) is 30.6 Å². The van der Waals surface area contributed by atoms with Crippen LogP contribution in [-0.2, 0) is 6.54 Å². The van der Waals surface area contributed by atoms with E-state index < -0.39 is 0 Å². The second-order valence-corrected chi connectivity index (χ2v) is 8.21. The van der Waals surface area contributed by atoms with Crippen LogP contribution in [0.5, 0.6) is 0 Å². The van der Waals surface area contributed by atoms with Gasteiger partial charge in [-0.3, -0.25) is 4.79 Å². The molecule has 4 N–H and O–H groups in total. The van der Waals surface area contributed by atoms with E-state index >= 15 is 0 Å². The highest BCUT2D eigenvalue weighted by molar-refractivity contribution is 5.99. The molecule has 0 radical (unpaired) electrons. The molecule has 162 valence electrons. The molecule has 1 amide bonds. The Morgan fingerprint density at radius 3 is 2.77 bits per heavy atom. The minimum Gasteiger partial charge on any atom is -0.395 e. The first-order valence-corrected chi connectivity index (χ1v) is 10.7. The highest BCUT2D eigenvalue weighted by Gasteiger charge is 2.27. The van der Waals surface area contributed by atoms with Crippen molar-refractivity contribution in [2.45, 2.75) is 44.4 Å². The highest BCUT2D eigenvalue weighted by atomic mass is 16.3.